The Kier molecular flexibility index (Phi) is 3.42. The zero-order valence-corrected chi connectivity index (χ0v) is 11.3. The van der Waals surface area contributed by atoms with Gasteiger partial charge in [-0.15, -0.1) is 5.10 Å². The molecule has 0 aliphatic carbocycles. The SMILES string of the molecule is CC(C)Cn1nnnc1-c1cc(N)cc(Br)c1. The van der Waals surface area contributed by atoms with Gasteiger partial charge in [0.15, 0.2) is 5.82 Å². The lowest BCUT2D eigenvalue weighted by molar-refractivity contribution is 0.475. The van der Waals surface area contributed by atoms with Crippen molar-refractivity contribution in [1.82, 2.24) is 20.2 Å². The molecule has 2 aromatic rings. The topological polar surface area (TPSA) is 69.6 Å². The van der Waals surface area contributed by atoms with Gasteiger partial charge < -0.3 is 5.73 Å². The molecule has 0 aliphatic rings. The average molecular weight is 296 g/mol. The van der Waals surface area contributed by atoms with Crippen molar-refractivity contribution in [2.75, 3.05) is 5.73 Å². The summed E-state index contributed by atoms with van der Waals surface area (Å²) in [5, 5.41) is 11.8. The van der Waals surface area contributed by atoms with Gasteiger partial charge in [0.2, 0.25) is 0 Å². The van der Waals surface area contributed by atoms with E-state index < -0.39 is 0 Å². The van der Waals surface area contributed by atoms with Gasteiger partial charge in [-0.25, -0.2) is 4.68 Å². The maximum atomic E-state index is 5.81. The number of hydrogen-bond acceptors (Lipinski definition) is 4. The fraction of sp³-hybridized carbons (Fsp3) is 0.364. The number of nitrogen functional groups attached to an aromatic ring is 1. The van der Waals surface area contributed by atoms with Crippen molar-refractivity contribution in [1.29, 1.82) is 0 Å². The second kappa shape index (κ2) is 4.83. The molecule has 0 bridgehead atoms. The van der Waals surface area contributed by atoms with Gasteiger partial charge in [0.05, 0.1) is 0 Å². The Morgan fingerprint density at radius 2 is 2.12 bits per heavy atom. The molecule has 0 radical (unpaired) electrons. The van der Waals surface area contributed by atoms with E-state index in [1.54, 1.807) is 4.68 Å². The molecular formula is C11H14BrN5. The number of rotatable bonds is 3. The highest BCUT2D eigenvalue weighted by atomic mass is 79.9. The second-order valence-corrected chi connectivity index (χ2v) is 5.27. The molecule has 6 heteroatoms. The van der Waals surface area contributed by atoms with Gasteiger partial charge in [-0.05, 0) is 34.5 Å². The molecule has 2 rings (SSSR count). The van der Waals surface area contributed by atoms with Crippen LogP contribution in [0.2, 0.25) is 0 Å². The van der Waals surface area contributed by atoms with Crippen molar-refractivity contribution in [3.8, 4) is 11.4 Å². The smallest absolute Gasteiger partial charge is 0.182 e. The first kappa shape index (κ1) is 12.0. The summed E-state index contributed by atoms with van der Waals surface area (Å²) in [4.78, 5) is 0. The molecule has 0 fully saturated rings. The summed E-state index contributed by atoms with van der Waals surface area (Å²) in [6.07, 6.45) is 0. The molecule has 17 heavy (non-hydrogen) atoms. The summed E-state index contributed by atoms with van der Waals surface area (Å²) in [6, 6.07) is 5.67. The van der Waals surface area contributed by atoms with E-state index in [1.807, 2.05) is 18.2 Å². The van der Waals surface area contributed by atoms with E-state index in [-0.39, 0.29) is 0 Å². The molecule has 2 N–H and O–H groups in total. The summed E-state index contributed by atoms with van der Waals surface area (Å²) in [6.45, 7) is 5.04. The van der Waals surface area contributed by atoms with E-state index in [0.29, 0.717) is 11.6 Å². The molecular weight excluding hydrogens is 282 g/mol. The lowest BCUT2D eigenvalue weighted by Crippen LogP contribution is -2.08. The Labute approximate surface area is 108 Å². The number of anilines is 1. The van der Waals surface area contributed by atoms with Crippen LogP contribution < -0.4 is 5.73 Å². The van der Waals surface area contributed by atoms with Crippen LogP contribution in [0.15, 0.2) is 22.7 Å². The average Bonchev–Trinajstić information content (AvgIpc) is 2.63. The van der Waals surface area contributed by atoms with Crippen molar-refractivity contribution in [2.24, 2.45) is 5.92 Å². The lowest BCUT2D eigenvalue weighted by Gasteiger charge is -2.07. The summed E-state index contributed by atoms with van der Waals surface area (Å²) < 4.78 is 2.72. The Morgan fingerprint density at radius 1 is 1.35 bits per heavy atom. The minimum absolute atomic E-state index is 0.488. The van der Waals surface area contributed by atoms with Crippen LogP contribution in [0.4, 0.5) is 5.69 Å². The maximum Gasteiger partial charge on any atom is 0.182 e. The fourth-order valence-corrected chi connectivity index (χ4v) is 2.13. The highest BCUT2D eigenvalue weighted by Gasteiger charge is 2.11. The molecule has 0 spiro atoms. The van der Waals surface area contributed by atoms with E-state index in [2.05, 4.69) is 45.3 Å². The highest BCUT2D eigenvalue weighted by Crippen LogP contribution is 2.24. The molecule has 1 aromatic carbocycles. The Bertz CT molecular complexity index is 500. The highest BCUT2D eigenvalue weighted by molar-refractivity contribution is 9.10. The summed E-state index contributed by atoms with van der Waals surface area (Å²) in [7, 11) is 0. The van der Waals surface area contributed by atoms with Crippen molar-refractivity contribution < 1.29 is 0 Å². The number of nitrogens with zero attached hydrogens (tertiary/aromatic N) is 4. The molecule has 0 atom stereocenters. The maximum absolute atomic E-state index is 5.81. The normalized spacial score (nSPS) is 11.1. The predicted octanol–water partition coefficient (Wildman–Crippen LogP) is 2.34. The first-order chi connectivity index (χ1) is 8.06. The number of halogens is 1. The molecule has 90 valence electrons. The standard InChI is InChI=1S/C11H14BrN5/c1-7(2)6-17-11(14-15-16-17)8-3-9(12)5-10(13)4-8/h3-5,7H,6,13H2,1-2H3. The molecule has 1 heterocycles. The van der Waals surface area contributed by atoms with Crippen molar-refractivity contribution in [3.63, 3.8) is 0 Å². The second-order valence-electron chi connectivity index (χ2n) is 4.35. The molecule has 0 saturated carbocycles. The van der Waals surface area contributed by atoms with Crippen LogP contribution in [-0.4, -0.2) is 20.2 Å². The van der Waals surface area contributed by atoms with Crippen molar-refractivity contribution in [2.45, 2.75) is 20.4 Å². The third-order valence-corrected chi connectivity index (χ3v) is 2.71. The van der Waals surface area contributed by atoms with Crippen LogP contribution in [0.25, 0.3) is 11.4 Å². The van der Waals surface area contributed by atoms with Crippen molar-refractivity contribution in [3.05, 3.63) is 22.7 Å². The van der Waals surface area contributed by atoms with Crippen molar-refractivity contribution >= 4 is 21.6 Å². The van der Waals surface area contributed by atoms with E-state index in [4.69, 9.17) is 5.73 Å². The van der Waals surface area contributed by atoms with E-state index in [9.17, 15) is 0 Å². The summed E-state index contributed by atoms with van der Waals surface area (Å²) in [5.41, 5.74) is 7.42. The van der Waals surface area contributed by atoms with Gasteiger partial charge >= 0.3 is 0 Å². The number of tetrazole rings is 1. The molecule has 1 aromatic heterocycles. The van der Waals surface area contributed by atoms with Crippen LogP contribution in [0.1, 0.15) is 13.8 Å². The molecule has 5 nitrogen and oxygen atoms in total. The minimum Gasteiger partial charge on any atom is -0.399 e. The molecule has 0 aliphatic heterocycles. The van der Waals surface area contributed by atoms with Crippen LogP contribution in [0, 0.1) is 5.92 Å². The number of nitrogens with two attached hydrogens (primary N) is 1. The molecule has 0 amide bonds. The van der Waals surface area contributed by atoms with Gasteiger partial charge in [0, 0.05) is 22.3 Å². The molecule has 0 unspecified atom stereocenters. The first-order valence-electron chi connectivity index (χ1n) is 5.39. The Balaban J connectivity index is 2.42. The minimum atomic E-state index is 0.488. The summed E-state index contributed by atoms with van der Waals surface area (Å²) >= 11 is 3.42. The number of hydrogen-bond donors (Lipinski definition) is 1. The summed E-state index contributed by atoms with van der Waals surface area (Å²) in [5.74, 6) is 1.23. The molecule has 0 saturated heterocycles. The Hall–Kier alpha value is -1.43. The fourth-order valence-electron chi connectivity index (χ4n) is 1.62. The largest absolute Gasteiger partial charge is 0.399 e. The van der Waals surface area contributed by atoms with E-state index >= 15 is 0 Å². The Morgan fingerprint density at radius 3 is 2.76 bits per heavy atom. The number of benzene rings is 1. The van der Waals surface area contributed by atoms with Crippen LogP contribution in [0.5, 0.6) is 0 Å². The first-order valence-corrected chi connectivity index (χ1v) is 6.18. The van der Waals surface area contributed by atoms with Gasteiger partial charge in [-0.1, -0.05) is 29.8 Å². The van der Waals surface area contributed by atoms with Crippen LogP contribution in [-0.2, 0) is 6.54 Å². The lowest BCUT2D eigenvalue weighted by atomic mass is 10.2. The van der Waals surface area contributed by atoms with Crippen LogP contribution >= 0.6 is 15.9 Å². The van der Waals surface area contributed by atoms with Crippen LogP contribution in [0.3, 0.4) is 0 Å². The van der Waals surface area contributed by atoms with Gasteiger partial charge in [-0.3, -0.25) is 0 Å². The zero-order valence-electron chi connectivity index (χ0n) is 9.76. The third kappa shape index (κ3) is 2.82. The van der Waals surface area contributed by atoms with Gasteiger partial charge in [0.25, 0.3) is 0 Å². The third-order valence-electron chi connectivity index (χ3n) is 2.25. The van der Waals surface area contributed by atoms with E-state index in [1.165, 1.54) is 0 Å². The van der Waals surface area contributed by atoms with Gasteiger partial charge in [-0.2, -0.15) is 0 Å². The zero-order chi connectivity index (χ0) is 12.4. The monoisotopic (exact) mass is 295 g/mol. The van der Waals surface area contributed by atoms with E-state index in [0.717, 1.165) is 22.4 Å². The van der Waals surface area contributed by atoms with Gasteiger partial charge in [0.1, 0.15) is 0 Å². The predicted molar refractivity (Wildman–Crippen MR) is 70.2 cm³/mol. The quantitative estimate of drug-likeness (QED) is 0.883. The number of aromatic nitrogens is 4.